The maximum absolute atomic E-state index is 12.9. The number of nitrogens with one attached hydrogen (secondary N) is 2. The van der Waals surface area contributed by atoms with Crippen molar-refractivity contribution in [3.05, 3.63) is 71.3 Å². The van der Waals surface area contributed by atoms with Crippen LogP contribution in [-0.4, -0.2) is 67.4 Å². The molecule has 166 valence electrons. The van der Waals surface area contributed by atoms with Crippen molar-refractivity contribution in [2.24, 2.45) is 0 Å². The number of hydrogen-bond donors (Lipinski definition) is 2. The largest absolute Gasteiger partial charge is 0.355 e. The van der Waals surface area contributed by atoms with E-state index in [0.29, 0.717) is 26.2 Å². The van der Waals surface area contributed by atoms with E-state index in [2.05, 4.69) is 58.9 Å². The van der Waals surface area contributed by atoms with Gasteiger partial charge in [-0.1, -0.05) is 67.1 Å². The fourth-order valence-electron chi connectivity index (χ4n) is 3.81. The van der Waals surface area contributed by atoms with Crippen molar-refractivity contribution in [1.29, 1.82) is 0 Å². The monoisotopic (exact) mass is 422 g/mol. The van der Waals surface area contributed by atoms with Gasteiger partial charge >= 0.3 is 0 Å². The Bertz CT molecular complexity index is 830. The van der Waals surface area contributed by atoms with E-state index in [-0.39, 0.29) is 24.4 Å². The lowest BCUT2D eigenvalue weighted by molar-refractivity contribution is -0.132. The van der Waals surface area contributed by atoms with Gasteiger partial charge in [0.2, 0.25) is 11.8 Å². The van der Waals surface area contributed by atoms with E-state index >= 15 is 0 Å². The van der Waals surface area contributed by atoms with Gasteiger partial charge in [-0.2, -0.15) is 0 Å². The Balaban J connectivity index is 1.53. The van der Waals surface area contributed by atoms with Crippen LogP contribution in [0.2, 0.25) is 0 Å². The fourth-order valence-corrected chi connectivity index (χ4v) is 3.81. The number of piperazine rings is 1. The van der Waals surface area contributed by atoms with Crippen molar-refractivity contribution in [3.8, 4) is 0 Å². The number of carbonyl (C=O) groups excluding carboxylic acids is 2. The molecule has 2 aromatic carbocycles. The summed E-state index contributed by atoms with van der Waals surface area (Å²) < 4.78 is 0. The number of nitrogens with zero attached hydrogens (tertiary/aromatic N) is 2. The van der Waals surface area contributed by atoms with Crippen LogP contribution >= 0.6 is 0 Å². The third-order valence-electron chi connectivity index (χ3n) is 5.67. The van der Waals surface area contributed by atoms with Crippen molar-refractivity contribution in [1.82, 2.24) is 20.4 Å². The first-order valence-corrected chi connectivity index (χ1v) is 11.2. The molecule has 2 aromatic rings. The zero-order valence-corrected chi connectivity index (χ0v) is 18.6. The molecule has 1 saturated heterocycles. The predicted molar refractivity (Wildman–Crippen MR) is 124 cm³/mol. The minimum atomic E-state index is -0.0331. The second-order valence-corrected chi connectivity index (χ2v) is 8.14. The molecule has 6 nitrogen and oxygen atoms in total. The molecule has 3 rings (SSSR count). The summed E-state index contributed by atoms with van der Waals surface area (Å²) in [5, 5.41) is 6.38. The highest BCUT2D eigenvalue weighted by Crippen LogP contribution is 2.22. The molecule has 0 aliphatic carbocycles. The number of hydrogen-bond acceptors (Lipinski definition) is 4. The fraction of sp³-hybridized carbons (Fsp3) is 0.440. The lowest BCUT2D eigenvalue weighted by Gasteiger charge is -2.34. The molecule has 6 heteroatoms. The molecule has 0 aromatic heterocycles. The van der Waals surface area contributed by atoms with Crippen LogP contribution < -0.4 is 10.6 Å². The van der Waals surface area contributed by atoms with Gasteiger partial charge in [0.05, 0.1) is 19.1 Å². The van der Waals surface area contributed by atoms with Crippen molar-refractivity contribution in [2.75, 3.05) is 45.8 Å². The van der Waals surface area contributed by atoms with Gasteiger partial charge in [0, 0.05) is 32.7 Å². The van der Waals surface area contributed by atoms with E-state index in [4.69, 9.17) is 0 Å². The molecule has 1 aliphatic rings. The molecule has 1 fully saturated rings. The summed E-state index contributed by atoms with van der Waals surface area (Å²) in [6.07, 6.45) is 0.938. The normalized spacial score (nSPS) is 15.5. The van der Waals surface area contributed by atoms with Gasteiger partial charge in [0.1, 0.15) is 0 Å². The van der Waals surface area contributed by atoms with Crippen LogP contribution in [0.3, 0.4) is 0 Å². The topological polar surface area (TPSA) is 64.7 Å². The van der Waals surface area contributed by atoms with Gasteiger partial charge in [0.15, 0.2) is 0 Å². The van der Waals surface area contributed by atoms with Crippen molar-refractivity contribution < 1.29 is 9.59 Å². The van der Waals surface area contributed by atoms with Crippen molar-refractivity contribution >= 4 is 11.8 Å². The standard InChI is InChI=1S/C25H34N4O2/c1-3-13-26-23(30)19-28-14-16-29(17-15-28)24(31)18-27-25(21-7-5-4-6-8-21)22-11-9-20(2)10-12-22/h4-12,25,27H,3,13-19H2,1-2H3,(H,26,30)/t25-/m1/s1. The van der Waals surface area contributed by atoms with Crippen LogP contribution in [0.5, 0.6) is 0 Å². The molecule has 1 atom stereocenters. The third kappa shape index (κ3) is 6.91. The smallest absolute Gasteiger partial charge is 0.236 e. The predicted octanol–water partition coefficient (Wildman–Crippen LogP) is 2.34. The Kier molecular flexibility index (Phi) is 8.62. The Labute approximate surface area is 185 Å². The van der Waals surface area contributed by atoms with Crippen molar-refractivity contribution in [3.63, 3.8) is 0 Å². The van der Waals surface area contributed by atoms with Crippen LogP contribution in [0.15, 0.2) is 54.6 Å². The van der Waals surface area contributed by atoms with Crippen LogP contribution in [0.4, 0.5) is 0 Å². The minimum absolute atomic E-state index is 0.0331. The van der Waals surface area contributed by atoms with Gasteiger partial charge in [-0.3, -0.25) is 19.8 Å². The van der Waals surface area contributed by atoms with E-state index in [0.717, 1.165) is 30.6 Å². The van der Waals surface area contributed by atoms with E-state index in [1.54, 1.807) is 0 Å². The second kappa shape index (κ2) is 11.6. The van der Waals surface area contributed by atoms with E-state index in [9.17, 15) is 9.59 Å². The average molecular weight is 423 g/mol. The Hall–Kier alpha value is -2.70. The molecule has 1 aliphatic heterocycles. The molecule has 0 spiro atoms. The number of carbonyl (C=O) groups is 2. The zero-order valence-electron chi connectivity index (χ0n) is 18.6. The molecule has 0 unspecified atom stereocenters. The molecule has 0 bridgehead atoms. The molecule has 31 heavy (non-hydrogen) atoms. The quantitative estimate of drug-likeness (QED) is 0.651. The molecule has 0 saturated carbocycles. The summed E-state index contributed by atoms with van der Waals surface area (Å²) >= 11 is 0. The van der Waals surface area contributed by atoms with Gasteiger partial charge in [-0.25, -0.2) is 0 Å². The van der Waals surface area contributed by atoms with Crippen molar-refractivity contribution in [2.45, 2.75) is 26.3 Å². The van der Waals surface area contributed by atoms with Gasteiger partial charge in [-0.15, -0.1) is 0 Å². The van der Waals surface area contributed by atoms with E-state index in [1.807, 2.05) is 30.0 Å². The lowest BCUT2D eigenvalue weighted by Crippen LogP contribution is -2.52. The molecular weight excluding hydrogens is 388 g/mol. The number of rotatable bonds is 9. The SMILES string of the molecule is CCCNC(=O)CN1CCN(C(=O)CN[C@H](c2ccccc2)c2ccc(C)cc2)CC1. The molecule has 1 heterocycles. The van der Waals surface area contributed by atoms with Crippen LogP contribution in [-0.2, 0) is 9.59 Å². The van der Waals surface area contributed by atoms with Crippen LogP contribution in [0.1, 0.15) is 36.1 Å². The first kappa shape index (κ1) is 23.0. The third-order valence-corrected chi connectivity index (χ3v) is 5.67. The highest BCUT2D eigenvalue weighted by atomic mass is 16.2. The number of amides is 2. The molecule has 2 N–H and O–H groups in total. The Morgan fingerprint density at radius 1 is 0.935 bits per heavy atom. The molecular formula is C25H34N4O2. The Morgan fingerprint density at radius 3 is 2.23 bits per heavy atom. The summed E-state index contributed by atoms with van der Waals surface area (Å²) in [6, 6.07) is 18.6. The summed E-state index contributed by atoms with van der Waals surface area (Å²) in [5.41, 5.74) is 3.50. The maximum atomic E-state index is 12.9. The van der Waals surface area contributed by atoms with Gasteiger partial charge < -0.3 is 10.2 Å². The number of aryl methyl sites for hydroxylation is 1. The van der Waals surface area contributed by atoms with Gasteiger partial charge in [0.25, 0.3) is 0 Å². The first-order valence-electron chi connectivity index (χ1n) is 11.2. The summed E-state index contributed by atoms with van der Waals surface area (Å²) in [4.78, 5) is 28.8. The second-order valence-electron chi connectivity index (χ2n) is 8.14. The highest BCUT2D eigenvalue weighted by molar-refractivity contribution is 5.79. The molecule has 2 amide bonds. The highest BCUT2D eigenvalue weighted by Gasteiger charge is 2.23. The van der Waals surface area contributed by atoms with E-state index in [1.165, 1.54) is 5.56 Å². The zero-order chi connectivity index (χ0) is 22.1. The Morgan fingerprint density at radius 2 is 1.58 bits per heavy atom. The van der Waals surface area contributed by atoms with Crippen LogP contribution in [0, 0.1) is 6.92 Å². The van der Waals surface area contributed by atoms with Gasteiger partial charge in [-0.05, 0) is 24.5 Å². The average Bonchev–Trinajstić information content (AvgIpc) is 2.80. The first-order chi connectivity index (χ1) is 15.1. The minimum Gasteiger partial charge on any atom is -0.355 e. The lowest BCUT2D eigenvalue weighted by atomic mass is 9.98. The summed E-state index contributed by atoms with van der Waals surface area (Å²) in [7, 11) is 0. The summed E-state index contributed by atoms with van der Waals surface area (Å²) in [6.45, 7) is 8.28. The van der Waals surface area contributed by atoms with E-state index < -0.39 is 0 Å². The molecule has 0 radical (unpaired) electrons. The van der Waals surface area contributed by atoms with Crippen LogP contribution in [0.25, 0.3) is 0 Å². The summed E-state index contributed by atoms with van der Waals surface area (Å²) in [5.74, 6) is 0.162. The number of benzene rings is 2. The maximum Gasteiger partial charge on any atom is 0.236 e.